The molecule has 2 nitrogen and oxygen atoms in total. The molecule has 0 saturated heterocycles. The molecule has 1 rings (SSSR count). The van der Waals surface area contributed by atoms with Gasteiger partial charge in [-0.15, -0.1) is 0 Å². The van der Waals surface area contributed by atoms with E-state index in [0.717, 1.165) is 24.9 Å². The van der Waals surface area contributed by atoms with Gasteiger partial charge in [-0.1, -0.05) is 13.3 Å². The minimum Gasteiger partial charge on any atom is -0.379 e. The van der Waals surface area contributed by atoms with Crippen LogP contribution in [0.1, 0.15) is 40.0 Å². The summed E-state index contributed by atoms with van der Waals surface area (Å²) in [5.74, 6) is 0.950. The average molecular weight is 185 g/mol. The summed E-state index contributed by atoms with van der Waals surface area (Å²) in [5.41, 5.74) is 0.0314. The SMILES string of the molecule is CCC1CC1NCCC(C)(C)OC. The van der Waals surface area contributed by atoms with Gasteiger partial charge in [-0.2, -0.15) is 0 Å². The van der Waals surface area contributed by atoms with Gasteiger partial charge in [0.2, 0.25) is 0 Å². The number of methoxy groups -OCH3 is 1. The molecule has 2 heteroatoms. The largest absolute Gasteiger partial charge is 0.379 e. The molecule has 13 heavy (non-hydrogen) atoms. The molecule has 1 aliphatic carbocycles. The fourth-order valence-corrected chi connectivity index (χ4v) is 1.61. The van der Waals surface area contributed by atoms with Gasteiger partial charge >= 0.3 is 0 Å². The van der Waals surface area contributed by atoms with Crippen molar-refractivity contribution in [1.82, 2.24) is 5.32 Å². The molecule has 0 spiro atoms. The Hall–Kier alpha value is -0.0800. The maximum Gasteiger partial charge on any atom is 0.0634 e. The molecule has 0 aliphatic heterocycles. The Balaban J connectivity index is 2.02. The highest BCUT2D eigenvalue weighted by Gasteiger charge is 2.34. The van der Waals surface area contributed by atoms with E-state index in [9.17, 15) is 0 Å². The lowest BCUT2D eigenvalue weighted by Gasteiger charge is -2.22. The van der Waals surface area contributed by atoms with Gasteiger partial charge in [-0.05, 0) is 39.2 Å². The molecule has 0 heterocycles. The van der Waals surface area contributed by atoms with Crippen LogP contribution in [-0.4, -0.2) is 25.3 Å². The average Bonchev–Trinajstić information content (AvgIpc) is 2.83. The minimum atomic E-state index is 0.0314. The van der Waals surface area contributed by atoms with Crippen LogP contribution in [0.25, 0.3) is 0 Å². The molecule has 78 valence electrons. The molecule has 0 aromatic carbocycles. The topological polar surface area (TPSA) is 21.3 Å². The van der Waals surface area contributed by atoms with Crippen LogP contribution in [-0.2, 0) is 4.74 Å². The van der Waals surface area contributed by atoms with Crippen LogP contribution < -0.4 is 5.32 Å². The lowest BCUT2D eigenvalue weighted by Crippen LogP contribution is -2.30. The van der Waals surface area contributed by atoms with Crippen LogP contribution in [0.5, 0.6) is 0 Å². The van der Waals surface area contributed by atoms with Crippen molar-refractivity contribution >= 4 is 0 Å². The van der Waals surface area contributed by atoms with Crippen LogP contribution in [0.2, 0.25) is 0 Å². The summed E-state index contributed by atoms with van der Waals surface area (Å²) in [7, 11) is 1.78. The van der Waals surface area contributed by atoms with Gasteiger partial charge < -0.3 is 10.1 Å². The summed E-state index contributed by atoms with van der Waals surface area (Å²) >= 11 is 0. The molecule has 1 aliphatic rings. The molecule has 1 N–H and O–H groups in total. The molecule has 2 atom stereocenters. The normalized spacial score (nSPS) is 27.7. The molecule has 0 bridgehead atoms. The summed E-state index contributed by atoms with van der Waals surface area (Å²) in [4.78, 5) is 0. The van der Waals surface area contributed by atoms with E-state index < -0.39 is 0 Å². The highest BCUT2D eigenvalue weighted by Crippen LogP contribution is 2.33. The van der Waals surface area contributed by atoms with Crippen molar-refractivity contribution < 1.29 is 4.74 Å². The monoisotopic (exact) mass is 185 g/mol. The Morgan fingerprint density at radius 1 is 1.46 bits per heavy atom. The Kier molecular flexibility index (Phi) is 3.74. The van der Waals surface area contributed by atoms with Crippen LogP contribution >= 0.6 is 0 Å². The Morgan fingerprint density at radius 3 is 2.62 bits per heavy atom. The van der Waals surface area contributed by atoms with E-state index in [-0.39, 0.29) is 5.60 Å². The molecule has 0 radical (unpaired) electrons. The molecule has 0 amide bonds. The Labute approximate surface area is 82.0 Å². The first-order valence-electron chi connectivity index (χ1n) is 5.37. The summed E-state index contributed by atoms with van der Waals surface area (Å²) < 4.78 is 5.35. The zero-order valence-electron chi connectivity index (χ0n) is 9.39. The van der Waals surface area contributed by atoms with E-state index in [1.54, 1.807) is 7.11 Å². The summed E-state index contributed by atoms with van der Waals surface area (Å²) in [5, 5.41) is 3.57. The maximum absolute atomic E-state index is 5.35. The van der Waals surface area contributed by atoms with E-state index in [1.807, 2.05) is 0 Å². The summed E-state index contributed by atoms with van der Waals surface area (Å²) in [6.07, 6.45) is 3.80. The van der Waals surface area contributed by atoms with Crippen molar-refractivity contribution in [2.45, 2.75) is 51.7 Å². The quantitative estimate of drug-likeness (QED) is 0.685. The van der Waals surface area contributed by atoms with E-state index >= 15 is 0 Å². The van der Waals surface area contributed by atoms with Gasteiger partial charge in [0.25, 0.3) is 0 Å². The molecular weight excluding hydrogens is 162 g/mol. The van der Waals surface area contributed by atoms with Crippen molar-refractivity contribution in [3.05, 3.63) is 0 Å². The van der Waals surface area contributed by atoms with Gasteiger partial charge in [-0.25, -0.2) is 0 Å². The molecular formula is C11H23NO. The van der Waals surface area contributed by atoms with E-state index in [4.69, 9.17) is 4.74 Å². The summed E-state index contributed by atoms with van der Waals surface area (Å²) in [6.45, 7) is 7.63. The highest BCUT2D eigenvalue weighted by molar-refractivity contribution is 4.92. The fourth-order valence-electron chi connectivity index (χ4n) is 1.61. The second-order valence-electron chi connectivity index (χ2n) is 4.68. The zero-order chi connectivity index (χ0) is 9.90. The zero-order valence-corrected chi connectivity index (χ0v) is 9.39. The van der Waals surface area contributed by atoms with Crippen LogP contribution in [0.3, 0.4) is 0 Å². The highest BCUT2D eigenvalue weighted by atomic mass is 16.5. The fraction of sp³-hybridized carbons (Fsp3) is 1.00. The smallest absolute Gasteiger partial charge is 0.0634 e. The van der Waals surface area contributed by atoms with E-state index in [0.29, 0.717) is 0 Å². The predicted octanol–water partition coefficient (Wildman–Crippen LogP) is 2.19. The molecule has 0 aromatic rings. The van der Waals surface area contributed by atoms with Crippen LogP contribution in [0.15, 0.2) is 0 Å². The van der Waals surface area contributed by atoms with Crippen LogP contribution in [0, 0.1) is 5.92 Å². The number of rotatable bonds is 6. The third-order valence-electron chi connectivity index (χ3n) is 3.13. The molecule has 1 saturated carbocycles. The van der Waals surface area contributed by atoms with E-state index in [2.05, 4.69) is 26.1 Å². The first kappa shape index (κ1) is 11.0. The second-order valence-corrected chi connectivity index (χ2v) is 4.68. The van der Waals surface area contributed by atoms with E-state index in [1.165, 1.54) is 12.8 Å². The summed E-state index contributed by atoms with van der Waals surface area (Å²) in [6, 6.07) is 0.803. The number of hydrogen-bond acceptors (Lipinski definition) is 2. The molecule has 0 aromatic heterocycles. The Morgan fingerprint density at radius 2 is 2.15 bits per heavy atom. The molecule has 2 unspecified atom stereocenters. The van der Waals surface area contributed by atoms with Crippen molar-refractivity contribution in [2.75, 3.05) is 13.7 Å². The van der Waals surface area contributed by atoms with Gasteiger partial charge in [-0.3, -0.25) is 0 Å². The first-order valence-corrected chi connectivity index (χ1v) is 5.37. The standard InChI is InChI=1S/C11H23NO/c1-5-9-8-10(9)12-7-6-11(2,3)13-4/h9-10,12H,5-8H2,1-4H3. The lowest BCUT2D eigenvalue weighted by atomic mass is 10.1. The predicted molar refractivity (Wildman–Crippen MR) is 55.9 cm³/mol. The number of hydrogen-bond donors (Lipinski definition) is 1. The lowest BCUT2D eigenvalue weighted by molar-refractivity contribution is 0.0157. The van der Waals surface area contributed by atoms with Crippen molar-refractivity contribution in [2.24, 2.45) is 5.92 Å². The Bertz CT molecular complexity index is 156. The van der Waals surface area contributed by atoms with Crippen LogP contribution in [0.4, 0.5) is 0 Å². The van der Waals surface area contributed by atoms with Gasteiger partial charge in [0.1, 0.15) is 0 Å². The number of nitrogens with one attached hydrogen (secondary N) is 1. The van der Waals surface area contributed by atoms with Gasteiger partial charge in [0.05, 0.1) is 5.60 Å². The number of ether oxygens (including phenoxy) is 1. The first-order chi connectivity index (χ1) is 6.09. The minimum absolute atomic E-state index is 0.0314. The third kappa shape index (κ3) is 3.65. The third-order valence-corrected chi connectivity index (χ3v) is 3.13. The molecule has 1 fully saturated rings. The van der Waals surface area contributed by atoms with Gasteiger partial charge in [0.15, 0.2) is 0 Å². The maximum atomic E-state index is 5.35. The second kappa shape index (κ2) is 4.43. The van der Waals surface area contributed by atoms with Gasteiger partial charge in [0, 0.05) is 13.2 Å². The van der Waals surface area contributed by atoms with Crippen molar-refractivity contribution in [3.63, 3.8) is 0 Å². The van der Waals surface area contributed by atoms with Crippen molar-refractivity contribution in [1.29, 1.82) is 0 Å². The van der Waals surface area contributed by atoms with Crippen molar-refractivity contribution in [3.8, 4) is 0 Å².